The monoisotopic (exact) mass is 697 g/mol. The average Bonchev–Trinajstić information content (AvgIpc) is 3.52. The predicted molar refractivity (Wildman–Crippen MR) is 170 cm³/mol. The van der Waals surface area contributed by atoms with E-state index in [2.05, 4.69) is 10.6 Å². The molecule has 0 bridgehead atoms. The van der Waals surface area contributed by atoms with Crippen LogP contribution in [-0.2, 0) is 28.7 Å². The Morgan fingerprint density at radius 3 is 2.36 bits per heavy atom. The van der Waals surface area contributed by atoms with Crippen LogP contribution in [0.4, 0.5) is 27.8 Å². The second-order valence-electron chi connectivity index (χ2n) is 12.8. The molecule has 1 aromatic heterocycles. The van der Waals surface area contributed by atoms with Crippen molar-refractivity contribution in [3.05, 3.63) is 45.3 Å². The Balaban J connectivity index is 1.13. The van der Waals surface area contributed by atoms with Gasteiger partial charge in [-0.1, -0.05) is 11.6 Å². The fourth-order valence-corrected chi connectivity index (χ4v) is 8.38. The van der Waals surface area contributed by atoms with Gasteiger partial charge in [0.05, 0.1) is 17.1 Å². The number of fused-ring (bicyclic) bond motifs is 1. The number of phenolic OH excluding ortho intramolecular Hbond substituents is 1. The number of thiophene rings is 1. The Bertz CT molecular complexity index is 1470. The number of phenols is 1. The zero-order chi connectivity index (χ0) is 33.3. The summed E-state index contributed by atoms with van der Waals surface area (Å²) >= 11 is 7.44. The van der Waals surface area contributed by atoms with Gasteiger partial charge in [-0.05, 0) is 92.6 Å². The van der Waals surface area contributed by atoms with Gasteiger partial charge in [0.2, 0.25) is 0 Å². The number of aromatic hydroxyl groups is 1. The van der Waals surface area contributed by atoms with Crippen molar-refractivity contribution in [3.8, 4) is 5.75 Å². The Labute approximate surface area is 280 Å². The van der Waals surface area contributed by atoms with Crippen molar-refractivity contribution in [3.63, 3.8) is 0 Å². The molecule has 47 heavy (non-hydrogen) atoms. The summed E-state index contributed by atoms with van der Waals surface area (Å²) in [5.41, 5.74) is -0.266. The number of rotatable bonds is 6. The maximum absolute atomic E-state index is 13.9. The van der Waals surface area contributed by atoms with Crippen molar-refractivity contribution in [2.24, 2.45) is 11.8 Å². The van der Waals surface area contributed by atoms with Gasteiger partial charge < -0.3 is 29.9 Å². The van der Waals surface area contributed by atoms with Crippen LogP contribution in [-0.4, -0.2) is 89.3 Å². The van der Waals surface area contributed by atoms with Gasteiger partial charge in [-0.25, -0.2) is 9.59 Å². The first-order chi connectivity index (χ1) is 22.5. The van der Waals surface area contributed by atoms with Crippen LogP contribution in [0.25, 0.3) is 0 Å². The normalized spacial score (nSPS) is 20.9. The van der Waals surface area contributed by atoms with E-state index in [0.717, 1.165) is 61.5 Å². The molecule has 6 rings (SSSR count). The largest absolute Gasteiger partial charge is 0.506 e. The molecule has 3 fully saturated rings. The lowest BCUT2D eigenvalue weighted by atomic mass is 9.79. The van der Waals surface area contributed by atoms with Crippen molar-refractivity contribution in [1.29, 1.82) is 0 Å². The van der Waals surface area contributed by atoms with Crippen LogP contribution in [0.3, 0.4) is 0 Å². The molecule has 4 aliphatic rings. The summed E-state index contributed by atoms with van der Waals surface area (Å²) in [5.74, 6) is -0.482. The molecule has 3 N–H and O–H groups in total. The number of halogens is 4. The second-order valence-corrected chi connectivity index (χ2v) is 14.2. The summed E-state index contributed by atoms with van der Waals surface area (Å²) in [6, 6.07) is 3.61. The highest BCUT2D eigenvalue weighted by atomic mass is 35.5. The molecule has 15 heteroatoms. The number of alkyl halides is 3. The minimum absolute atomic E-state index is 0.0125. The van der Waals surface area contributed by atoms with Gasteiger partial charge in [-0.2, -0.15) is 13.2 Å². The first-order valence-electron chi connectivity index (χ1n) is 16.2. The summed E-state index contributed by atoms with van der Waals surface area (Å²) in [6.45, 7) is 3.97. The van der Waals surface area contributed by atoms with Gasteiger partial charge in [0, 0.05) is 44.2 Å². The number of piperidine rings is 3. The number of hydrogen-bond acceptors (Lipinski definition) is 7. The quantitative estimate of drug-likeness (QED) is 0.345. The van der Waals surface area contributed by atoms with E-state index in [-0.39, 0.29) is 37.1 Å². The number of benzene rings is 1. The number of ether oxygens (including phenoxy) is 1. The number of anilines is 1. The fourth-order valence-electron chi connectivity index (χ4n) is 7.34. The van der Waals surface area contributed by atoms with Gasteiger partial charge in [-0.3, -0.25) is 10.1 Å². The number of carbonyl (C=O) groups excluding carboxylic acids is 3. The molecule has 0 saturated carbocycles. The minimum atomic E-state index is -4.88. The molecule has 0 aliphatic carbocycles. The molecular weight excluding hydrogens is 659 g/mol. The molecule has 0 radical (unpaired) electrons. The minimum Gasteiger partial charge on any atom is -0.506 e. The van der Waals surface area contributed by atoms with Crippen molar-refractivity contribution < 1.29 is 37.4 Å². The van der Waals surface area contributed by atoms with Crippen LogP contribution in [0, 0.1) is 11.8 Å². The van der Waals surface area contributed by atoms with Gasteiger partial charge in [0.15, 0.2) is 6.10 Å². The summed E-state index contributed by atoms with van der Waals surface area (Å²) in [6.07, 6.45) is -2.52. The number of amides is 4. The van der Waals surface area contributed by atoms with E-state index in [1.807, 2.05) is 11.4 Å². The molecule has 2 aromatic rings. The first-order valence-corrected chi connectivity index (χ1v) is 17.4. The highest BCUT2D eigenvalue weighted by molar-refractivity contribution is 7.14. The first kappa shape index (κ1) is 33.7. The van der Waals surface area contributed by atoms with E-state index in [9.17, 15) is 32.7 Å². The third-order valence-corrected chi connectivity index (χ3v) is 11.2. The predicted octanol–water partition coefficient (Wildman–Crippen LogP) is 5.92. The molecule has 4 amide bonds. The number of carbonyl (C=O) groups is 3. The molecule has 5 heterocycles. The van der Waals surface area contributed by atoms with Gasteiger partial charge in [0.1, 0.15) is 10.8 Å². The molecule has 4 aliphatic heterocycles. The van der Waals surface area contributed by atoms with Crippen molar-refractivity contribution in [1.82, 2.24) is 20.0 Å². The van der Waals surface area contributed by atoms with Crippen LogP contribution in [0.1, 0.15) is 55.2 Å². The van der Waals surface area contributed by atoms with Crippen LogP contribution in [0.2, 0.25) is 5.02 Å². The van der Waals surface area contributed by atoms with E-state index >= 15 is 0 Å². The highest BCUT2D eigenvalue weighted by Crippen LogP contribution is 2.41. The molecule has 1 aromatic carbocycles. The molecule has 10 nitrogen and oxygen atoms in total. The van der Waals surface area contributed by atoms with Gasteiger partial charge >= 0.3 is 18.3 Å². The summed E-state index contributed by atoms with van der Waals surface area (Å²) in [5, 5.41) is 18.5. The van der Waals surface area contributed by atoms with Crippen molar-refractivity contribution in [2.75, 3.05) is 44.6 Å². The van der Waals surface area contributed by atoms with E-state index in [0.29, 0.717) is 44.3 Å². The molecular formula is C32H39ClF3N5O5S. The SMILES string of the molecule is O=C(O[C@H](Cc1cc(Cl)c(O)c(C(F)(F)F)c1)C(=O)N1CCC(C2CCNCC2)CC1)N1CCC(N2Cc3ccsc3NC2=O)CC1. The lowest BCUT2D eigenvalue weighted by Crippen LogP contribution is -2.52. The molecule has 3 saturated heterocycles. The van der Waals surface area contributed by atoms with Gasteiger partial charge in [-0.15, -0.1) is 11.3 Å². The highest BCUT2D eigenvalue weighted by Gasteiger charge is 2.39. The summed E-state index contributed by atoms with van der Waals surface area (Å²) in [7, 11) is 0. The van der Waals surface area contributed by atoms with Crippen LogP contribution in [0.15, 0.2) is 23.6 Å². The second kappa shape index (κ2) is 14.1. The fraction of sp³-hybridized carbons (Fsp3) is 0.594. The maximum atomic E-state index is 13.9. The maximum Gasteiger partial charge on any atom is 0.420 e. The number of nitrogens with one attached hydrogen (secondary N) is 2. The molecule has 0 spiro atoms. The molecule has 0 unspecified atom stereocenters. The number of likely N-dealkylation sites (tertiary alicyclic amines) is 2. The Hall–Kier alpha value is -3.23. The summed E-state index contributed by atoms with van der Waals surface area (Å²) in [4.78, 5) is 44.9. The average molecular weight is 698 g/mol. The lowest BCUT2D eigenvalue weighted by Gasteiger charge is -2.40. The lowest BCUT2D eigenvalue weighted by molar-refractivity contribution is -0.142. The Morgan fingerprint density at radius 1 is 1.02 bits per heavy atom. The third-order valence-electron chi connectivity index (χ3n) is 10.0. The molecule has 1 atom stereocenters. The van der Waals surface area contributed by atoms with E-state index in [1.165, 1.54) is 16.2 Å². The van der Waals surface area contributed by atoms with E-state index in [4.69, 9.17) is 16.3 Å². The topological polar surface area (TPSA) is 114 Å². The van der Waals surface area contributed by atoms with E-state index in [1.54, 1.807) is 9.80 Å². The van der Waals surface area contributed by atoms with Crippen LogP contribution in [0.5, 0.6) is 5.75 Å². The summed E-state index contributed by atoms with van der Waals surface area (Å²) < 4.78 is 46.8. The molecule has 256 valence electrons. The zero-order valence-electron chi connectivity index (χ0n) is 25.9. The van der Waals surface area contributed by atoms with Gasteiger partial charge in [0.25, 0.3) is 5.91 Å². The standard InChI is InChI=1S/C32H39ClF3N5O5S/c33-25-16-19(15-24(27(25)42)32(34,35)36)17-26(29(43)39-10-3-21(4-11-39)20-1-8-37-9-2-20)46-31(45)40-12-5-23(6-13-40)41-18-22-7-14-47-28(22)38-30(41)44/h7,14-16,20-21,23,26,37,42H,1-6,8-13,17-18H2,(H,38,44)/t26-/m1/s1. The number of nitrogens with zero attached hydrogens (tertiary/aromatic N) is 3. The number of hydrogen-bond donors (Lipinski definition) is 3. The number of urea groups is 1. The van der Waals surface area contributed by atoms with Crippen molar-refractivity contribution in [2.45, 2.75) is 69.8 Å². The smallest absolute Gasteiger partial charge is 0.420 e. The Kier molecular flexibility index (Phi) is 10.1. The van der Waals surface area contributed by atoms with Crippen LogP contribution >= 0.6 is 22.9 Å². The zero-order valence-corrected chi connectivity index (χ0v) is 27.4. The van der Waals surface area contributed by atoms with Crippen LogP contribution < -0.4 is 10.6 Å². The Morgan fingerprint density at radius 2 is 1.68 bits per heavy atom. The van der Waals surface area contributed by atoms with Crippen molar-refractivity contribution >= 4 is 46.0 Å². The van der Waals surface area contributed by atoms with E-state index < -0.39 is 40.6 Å². The third kappa shape index (κ3) is 7.59.